The van der Waals surface area contributed by atoms with Crippen LogP contribution in [0, 0.1) is 11.3 Å². The van der Waals surface area contributed by atoms with E-state index in [0.29, 0.717) is 10.7 Å². The smallest absolute Gasteiger partial charge is 0.355 e. The maximum absolute atomic E-state index is 13.3. The Balaban J connectivity index is 2.43. The van der Waals surface area contributed by atoms with Crippen LogP contribution in [-0.4, -0.2) is 21.9 Å². The molecular formula is C16H11Cl2F3N4S. The van der Waals surface area contributed by atoms with Crippen molar-refractivity contribution >= 4 is 40.8 Å². The Morgan fingerprint density at radius 3 is 2.69 bits per heavy atom. The average molecular weight is 419 g/mol. The highest BCUT2D eigenvalue weighted by molar-refractivity contribution is 7.98. The minimum Gasteiger partial charge on any atom is -0.355 e. The van der Waals surface area contributed by atoms with E-state index in [1.165, 1.54) is 22.5 Å². The Morgan fingerprint density at radius 2 is 2.19 bits per heavy atom. The molecule has 3 rings (SSSR count). The maximum Gasteiger partial charge on any atom is 0.416 e. The standard InChI is InChI=1S/C16H11Cl2F3N4S/c1-3-15(7-17)9-4-8(16(19,20)21)5-10(18)12(9)25-14(23-15)13(26-2)11(6-22)24-25/h3-5,23H,1,7H2,2H3. The van der Waals surface area contributed by atoms with Gasteiger partial charge in [0.25, 0.3) is 0 Å². The van der Waals surface area contributed by atoms with E-state index in [2.05, 4.69) is 17.0 Å². The van der Waals surface area contributed by atoms with E-state index in [0.717, 1.165) is 12.1 Å². The monoisotopic (exact) mass is 418 g/mol. The number of hydrogen-bond acceptors (Lipinski definition) is 4. The van der Waals surface area contributed by atoms with Gasteiger partial charge in [0.05, 0.1) is 32.6 Å². The summed E-state index contributed by atoms with van der Waals surface area (Å²) < 4.78 is 41.1. The number of hydrogen-bond donors (Lipinski definition) is 1. The predicted molar refractivity (Wildman–Crippen MR) is 96.3 cm³/mol. The van der Waals surface area contributed by atoms with Crippen molar-refractivity contribution in [2.75, 3.05) is 17.5 Å². The van der Waals surface area contributed by atoms with Crippen LogP contribution in [0.15, 0.2) is 29.7 Å². The summed E-state index contributed by atoms with van der Waals surface area (Å²) in [6, 6.07) is 3.80. The molecule has 1 unspecified atom stereocenters. The van der Waals surface area contributed by atoms with E-state index in [9.17, 15) is 18.4 Å². The first kappa shape index (κ1) is 19.0. The third-order valence-corrected chi connectivity index (χ3v) is 5.64. The molecule has 1 aliphatic heterocycles. The van der Waals surface area contributed by atoms with Crippen LogP contribution in [0.5, 0.6) is 0 Å². The van der Waals surface area contributed by atoms with E-state index < -0.39 is 17.3 Å². The summed E-state index contributed by atoms with van der Waals surface area (Å²) in [5.41, 5.74) is -1.54. The Kier molecular flexibility index (Phi) is 4.67. The number of nitrogens with zero attached hydrogens (tertiary/aromatic N) is 3. The molecule has 0 aliphatic carbocycles. The van der Waals surface area contributed by atoms with Crippen molar-refractivity contribution in [3.63, 3.8) is 0 Å². The second kappa shape index (κ2) is 6.41. The molecule has 26 heavy (non-hydrogen) atoms. The summed E-state index contributed by atoms with van der Waals surface area (Å²) >= 11 is 13.6. The average Bonchev–Trinajstić information content (AvgIpc) is 2.96. The zero-order valence-corrected chi connectivity index (χ0v) is 15.6. The minimum atomic E-state index is -4.58. The van der Waals surface area contributed by atoms with Crippen LogP contribution in [0.3, 0.4) is 0 Å². The summed E-state index contributed by atoms with van der Waals surface area (Å²) in [6.07, 6.45) is -1.38. The van der Waals surface area contributed by atoms with Gasteiger partial charge in [-0.05, 0) is 18.4 Å². The number of thioether (sulfide) groups is 1. The molecule has 1 atom stereocenters. The van der Waals surface area contributed by atoms with Gasteiger partial charge in [0.15, 0.2) is 5.69 Å². The van der Waals surface area contributed by atoms with Gasteiger partial charge in [-0.1, -0.05) is 17.7 Å². The molecule has 0 saturated carbocycles. The third-order valence-electron chi connectivity index (χ3n) is 4.14. The highest BCUT2D eigenvalue weighted by Gasteiger charge is 2.42. The predicted octanol–water partition coefficient (Wildman–Crippen LogP) is 5.18. The van der Waals surface area contributed by atoms with Crippen molar-refractivity contribution in [2.45, 2.75) is 16.6 Å². The number of nitriles is 1. The van der Waals surface area contributed by atoms with Gasteiger partial charge >= 0.3 is 6.18 Å². The van der Waals surface area contributed by atoms with E-state index in [1.54, 1.807) is 6.26 Å². The minimum absolute atomic E-state index is 0.0952. The second-order valence-electron chi connectivity index (χ2n) is 5.54. The topological polar surface area (TPSA) is 53.6 Å². The molecule has 1 aromatic heterocycles. The molecule has 4 nitrogen and oxygen atoms in total. The fourth-order valence-corrected chi connectivity index (χ4v) is 4.09. The normalized spacial score (nSPS) is 18.5. The lowest BCUT2D eigenvalue weighted by Crippen LogP contribution is -2.40. The Hall–Kier alpha value is -1.82. The summed E-state index contributed by atoms with van der Waals surface area (Å²) in [5.74, 6) is 0.339. The molecule has 1 aliphatic rings. The molecule has 10 heteroatoms. The number of nitrogens with one attached hydrogen (secondary N) is 1. The van der Waals surface area contributed by atoms with Crippen LogP contribution in [0.1, 0.15) is 16.8 Å². The molecule has 1 aromatic carbocycles. The van der Waals surface area contributed by atoms with E-state index in [4.69, 9.17) is 23.2 Å². The van der Waals surface area contributed by atoms with E-state index in [1.807, 2.05) is 6.07 Å². The molecule has 0 spiro atoms. The molecule has 0 amide bonds. The summed E-state index contributed by atoms with van der Waals surface area (Å²) in [7, 11) is 0. The first-order valence-electron chi connectivity index (χ1n) is 7.19. The Bertz CT molecular complexity index is 948. The maximum atomic E-state index is 13.3. The number of halogens is 5. The first-order chi connectivity index (χ1) is 12.2. The molecule has 2 heterocycles. The van der Waals surface area contributed by atoms with Gasteiger partial charge in [-0.25, -0.2) is 4.68 Å². The Labute approximate surface area is 161 Å². The van der Waals surface area contributed by atoms with Crippen molar-refractivity contribution in [2.24, 2.45) is 0 Å². The van der Waals surface area contributed by atoms with Gasteiger partial charge in [-0.15, -0.1) is 29.9 Å². The van der Waals surface area contributed by atoms with Crippen molar-refractivity contribution in [1.82, 2.24) is 9.78 Å². The van der Waals surface area contributed by atoms with Crippen LogP contribution >= 0.6 is 35.0 Å². The highest BCUT2D eigenvalue weighted by atomic mass is 35.5. The number of rotatable bonds is 3. The quantitative estimate of drug-likeness (QED) is 0.423. The van der Waals surface area contributed by atoms with Crippen LogP contribution in [0.2, 0.25) is 5.02 Å². The molecule has 0 saturated heterocycles. The summed E-state index contributed by atoms with van der Waals surface area (Å²) in [4.78, 5) is 0.547. The van der Waals surface area contributed by atoms with Crippen LogP contribution in [-0.2, 0) is 11.7 Å². The lowest BCUT2D eigenvalue weighted by molar-refractivity contribution is -0.137. The fourth-order valence-electron chi connectivity index (χ4n) is 2.86. The van der Waals surface area contributed by atoms with Crippen molar-refractivity contribution < 1.29 is 13.2 Å². The SMILES string of the molecule is C=CC1(CCl)Nc2c(SC)c(C#N)nn2-c2c(Cl)cc(C(F)(F)F)cc21. The van der Waals surface area contributed by atoms with Crippen molar-refractivity contribution in [3.05, 3.63) is 46.6 Å². The van der Waals surface area contributed by atoms with E-state index >= 15 is 0 Å². The van der Waals surface area contributed by atoms with Gasteiger partial charge in [0, 0.05) is 5.56 Å². The third kappa shape index (κ3) is 2.66. The van der Waals surface area contributed by atoms with Crippen molar-refractivity contribution in [3.8, 4) is 11.8 Å². The molecular weight excluding hydrogens is 408 g/mol. The number of benzene rings is 1. The summed E-state index contributed by atoms with van der Waals surface area (Å²) in [5, 5.41) is 16.5. The van der Waals surface area contributed by atoms with Gasteiger partial charge in [0.2, 0.25) is 0 Å². The molecule has 2 aromatic rings. The van der Waals surface area contributed by atoms with Crippen LogP contribution < -0.4 is 5.32 Å². The lowest BCUT2D eigenvalue weighted by Gasteiger charge is -2.38. The van der Waals surface area contributed by atoms with Crippen LogP contribution in [0.25, 0.3) is 5.69 Å². The van der Waals surface area contributed by atoms with Crippen LogP contribution in [0.4, 0.5) is 19.0 Å². The zero-order valence-electron chi connectivity index (χ0n) is 13.3. The zero-order chi connectivity index (χ0) is 19.3. The molecule has 0 radical (unpaired) electrons. The van der Waals surface area contributed by atoms with Gasteiger partial charge in [-0.3, -0.25) is 0 Å². The highest BCUT2D eigenvalue weighted by Crippen LogP contribution is 2.47. The molecule has 0 fully saturated rings. The molecule has 1 N–H and O–H groups in total. The number of anilines is 1. The summed E-state index contributed by atoms with van der Waals surface area (Å²) in [6.45, 7) is 3.73. The van der Waals surface area contributed by atoms with Gasteiger partial charge in [-0.2, -0.15) is 23.5 Å². The number of alkyl halides is 4. The number of fused-ring (bicyclic) bond motifs is 3. The largest absolute Gasteiger partial charge is 0.416 e. The van der Waals surface area contributed by atoms with Gasteiger partial charge < -0.3 is 5.32 Å². The van der Waals surface area contributed by atoms with E-state index in [-0.39, 0.29) is 27.8 Å². The molecule has 0 bridgehead atoms. The molecule has 136 valence electrons. The van der Waals surface area contributed by atoms with Crippen molar-refractivity contribution in [1.29, 1.82) is 5.26 Å². The first-order valence-corrected chi connectivity index (χ1v) is 9.32. The lowest BCUT2D eigenvalue weighted by atomic mass is 9.87. The Morgan fingerprint density at radius 1 is 1.50 bits per heavy atom. The van der Waals surface area contributed by atoms with Gasteiger partial charge in [0.1, 0.15) is 11.9 Å². The number of aromatic nitrogens is 2. The second-order valence-corrected chi connectivity index (χ2v) is 7.03. The fraction of sp³-hybridized carbons (Fsp3) is 0.250.